The van der Waals surface area contributed by atoms with Gasteiger partial charge >= 0.3 is 29.8 Å². The van der Waals surface area contributed by atoms with Gasteiger partial charge < -0.3 is 63.7 Å². The van der Waals surface area contributed by atoms with E-state index < -0.39 is 66.5 Å². The van der Waals surface area contributed by atoms with Crippen LogP contribution in [0.5, 0.6) is 5.75 Å². The van der Waals surface area contributed by atoms with Gasteiger partial charge in [-0.05, 0) is 42.7 Å². The van der Waals surface area contributed by atoms with E-state index in [0.717, 1.165) is 22.0 Å². The van der Waals surface area contributed by atoms with Crippen LogP contribution in [0.25, 0.3) is 10.9 Å². The third kappa shape index (κ3) is 16.4. The average molecular weight is 638 g/mol. The smallest absolute Gasteiger partial charge is 0.323 e. The van der Waals surface area contributed by atoms with Gasteiger partial charge in [0.15, 0.2) is 0 Å². The minimum atomic E-state index is -1.29. The Labute approximate surface area is 256 Å². The summed E-state index contributed by atoms with van der Waals surface area (Å²) in [4.78, 5) is 53.6. The Hall–Kier alpha value is -5.07. The van der Waals surface area contributed by atoms with Gasteiger partial charge in [0.1, 0.15) is 29.9 Å². The number of aromatic nitrogens is 1. The number of nitrogens with one attached hydrogen (secondary N) is 1. The lowest BCUT2D eigenvalue weighted by Crippen LogP contribution is -2.39. The molecule has 17 nitrogen and oxygen atoms in total. The number of aromatic hydroxyl groups is 1. The molecule has 248 valence electrons. The van der Waals surface area contributed by atoms with Crippen molar-refractivity contribution >= 4 is 40.7 Å². The molecule has 5 atom stereocenters. The van der Waals surface area contributed by atoms with E-state index in [0.29, 0.717) is 6.42 Å². The minimum Gasteiger partial charge on any atom is -0.508 e. The van der Waals surface area contributed by atoms with Gasteiger partial charge in [-0.25, -0.2) is 0 Å². The lowest BCUT2D eigenvalue weighted by atomic mass is 10.1. The van der Waals surface area contributed by atoms with Crippen LogP contribution in [0, 0.1) is 0 Å². The standard InChI is InChI=1S/C11H12N2O2.C9H11NO3.C4H7NO4.C4H9NO3/c12-9(11(14)15)5-7-6-13-10-4-2-1-3-8(7)10;10-8(9(12)13)5-6-1-3-7(11)4-2-6;5-2(4(8)9)1-3(6)7;1-2(6)3(5)4(7)8/h1-4,6,9,13H,5,12H2,(H,14,15);1-4,8,11H,5,10H2,(H,12,13);2H,1,5H2,(H,6,7)(H,8,9);2-3,6H,5H2,1H3,(H,7,8). The van der Waals surface area contributed by atoms with Crippen molar-refractivity contribution in [3.8, 4) is 5.75 Å². The van der Waals surface area contributed by atoms with Crippen LogP contribution in [0.4, 0.5) is 0 Å². The van der Waals surface area contributed by atoms with Crippen molar-refractivity contribution in [3.63, 3.8) is 0 Å². The lowest BCUT2D eigenvalue weighted by Gasteiger charge is -2.06. The van der Waals surface area contributed by atoms with E-state index in [9.17, 15) is 24.0 Å². The van der Waals surface area contributed by atoms with Crippen LogP contribution in [0.3, 0.4) is 0 Å². The van der Waals surface area contributed by atoms with Gasteiger partial charge in [0, 0.05) is 23.5 Å². The number of aromatic amines is 1. The number of carboxylic acids is 5. The third-order valence-corrected chi connectivity index (χ3v) is 5.66. The maximum atomic E-state index is 10.6. The maximum Gasteiger partial charge on any atom is 0.323 e. The predicted octanol–water partition coefficient (Wildman–Crippen LogP) is -0.879. The van der Waals surface area contributed by atoms with Gasteiger partial charge in [-0.2, -0.15) is 0 Å². The molecule has 0 fully saturated rings. The number of hydrogen-bond acceptors (Lipinski definition) is 11. The largest absolute Gasteiger partial charge is 0.508 e. The second kappa shape index (κ2) is 20.0. The van der Waals surface area contributed by atoms with Crippen LogP contribution in [-0.4, -0.2) is 101 Å². The Morgan fingerprint density at radius 1 is 0.711 bits per heavy atom. The van der Waals surface area contributed by atoms with Crippen molar-refractivity contribution in [1.29, 1.82) is 0 Å². The summed E-state index contributed by atoms with van der Waals surface area (Å²) < 4.78 is 0. The molecule has 0 amide bonds. The molecule has 16 N–H and O–H groups in total. The molecule has 17 heteroatoms. The van der Waals surface area contributed by atoms with Crippen LogP contribution in [-0.2, 0) is 36.8 Å². The summed E-state index contributed by atoms with van der Waals surface area (Å²) in [7, 11) is 0. The summed E-state index contributed by atoms with van der Waals surface area (Å²) in [5, 5.41) is 59.8. The molecule has 0 bridgehead atoms. The topological polar surface area (TPSA) is 347 Å². The first kappa shape index (κ1) is 39.9. The maximum absolute atomic E-state index is 10.6. The number of carboxylic acid groups (broad SMARTS) is 5. The second-order valence-corrected chi connectivity index (χ2v) is 9.47. The number of hydrogen-bond donors (Lipinski definition) is 12. The van der Waals surface area contributed by atoms with Crippen LogP contribution in [0.2, 0.25) is 0 Å². The van der Waals surface area contributed by atoms with Crippen molar-refractivity contribution in [2.75, 3.05) is 0 Å². The number of aliphatic hydroxyl groups excluding tert-OH is 1. The molecule has 45 heavy (non-hydrogen) atoms. The van der Waals surface area contributed by atoms with Gasteiger partial charge in [0.25, 0.3) is 0 Å². The molecule has 3 rings (SSSR count). The number of para-hydroxylation sites is 1. The van der Waals surface area contributed by atoms with Crippen LogP contribution in [0.15, 0.2) is 54.7 Å². The fourth-order valence-electron chi connectivity index (χ4n) is 3.08. The number of aliphatic hydroxyl groups is 1. The van der Waals surface area contributed by atoms with Gasteiger partial charge in [-0.1, -0.05) is 30.3 Å². The number of rotatable bonds is 11. The Morgan fingerprint density at radius 2 is 1.20 bits per heavy atom. The van der Waals surface area contributed by atoms with Crippen molar-refractivity contribution in [3.05, 3.63) is 65.9 Å². The van der Waals surface area contributed by atoms with Crippen molar-refractivity contribution in [2.24, 2.45) is 22.9 Å². The molecule has 5 unspecified atom stereocenters. The molecule has 0 radical (unpaired) electrons. The van der Waals surface area contributed by atoms with E-state index in [4.69, 9.17) is 58.7 Å². The van der Waals surface area contributed by atoms with Gasteiger partial charge in [0.05, 0.1) is 12.5 Å². The molecule has 0 saturated heterocycles. The third-order valence-electron chi connectivity index (χ3n) is 5.66. The number of benzene rings is 2. The van der Waals surface area contributed by atoms with E-state index >= 15 is 0 Å². The number of H-pyrrole nitrogens is 1. The highest BCUT2D eigenvalue weighted by atomic mass is 16.4. The minimum absolute atomic E-state index is 0.160. The molecule has 2 aromatic carbocycles. The van der Waals surface area contributed by atoms with E-state index in [2.05, 4.69) is 4.98 Å². The van der Waals surface area contributed by atoms with Crippen LogP contribution >= 0.6 is 0 Å². The molecule has 1 heterocycles. The van der Waals surface area contributed by atoms with Gasteiger partial charge in [-0.3, -0.25) is 24.0 Å². The fourth-order valence-corrected chi connectivity index (χ4v) is 3.08. The summed E-state index contributed by atoms with van der Waals surface area (Å²) in [6.07, 6.45) is 0.921. The number of phenolic OH excluding ortho intramolecular Hbond substituents is 1. The second-order valence-electron chi connectivity index (χ2n) is 9.47. The highest BCUT2D eigenvalue weighted by Crippen LogP contribution is 2.18. The van der Waals surface area contributed by atoms with Gasteiger partial charge in [-0.15, -0.1) is 0 Å². The molecule has 0 aliphatic rings. The molecule has 1 aromatic heterocycles. The Kier molecular flexibility index (Phi) is 17.7. The molecule has 0 saturated carbocycles. The molecule has 0 aliphatic carbocycles. The Bertz CT molecular complexity index is 1390. The summed E-state index contributed by atoms with van der Waals surface area (Å²) in [5.41, 5.74) is 23.3. The number of carbonyl (C=O) groups is 5. The SMILES string of the molecule is CC(O)C(N)C(=O)O.NC(CC(=O)O)C(=O)O.NC(Cc1c[nH]c2ccccc12)C(=O)O.NC(Cc1ccc(O)cc1)C(=O)O. The predicted molar refractivity (Wildman–Crippen MR) is 160 cm³/mol. The van der Waals surface area contributed by atoms with Crippen LogP contribution < -0.4 is 22.9 Å². The molecule has 0 aliphatic heterocycles. The number of fused-ring (bicyclic) bond motifs is 1. The summed E-state index contributed by atoms with van der Waals surface area (Å²) >= 11 is 0. The lowest BCUT2D eigenvalue weighted by molar-refractivity contribution is -0.144. The molecule has 0 spiro atoms. The van der Waals surface area contributed by atoms with Crippen LogP contribution in [0.1, 0.15) is 24.5 Å². The van der Waals surface area contributed by atoms with Crippen molar-refractivity contribution in [2.45, 2.75) is 56.5 Å². The quantitative estimate of drug-likeness (QED) is 0.121. The molecular formula is C28H39N5O12. The summed E-state index contributed by atoms with van der Waals surface area (Å²) in [6, 6.07) is 9.89. The first-order valence-electron chi connectivity index (χ1n) is 13.0. The van der Waals surface area contributed by atoms with Crippen molar-refractivity contribution in [1.82, 2.24) is 4.98 Å². The molecule has 3 aromatic rings. The zero-order chi connectivity index (χ0) is 34.9. The number of aliphatic carboxylic acids is 5. The average Bonchev–Trinajstić information content (AvgIpc) is 3.36. The van der Waals surface area contributed by atoms with Crippen molar-refractivity contribution < 1.29 is 59.7 Å². The van der Waals surface area contributed by atoms with E-state index in [1.165, 1.54) is 19.1 Å². The molecular weight excluding hydrogens is 598 g/mol. The van der Waals surface area contributed by atoms with Gasteiger partial charge in [0.2, 0.25) is 0 Å². The zero-order valence-electron chi connectivity index (χ0n) is 24.2. The number of nitrogens with two attached hydrogens (primary N) is 4. The Balaban J connectivity index is 0.000000594. The highest BCUT2D eigenvalue weighted by Gasteiger charge is 2.17. The first-order valence-corrected chi connectivity index (χ1v) is 13.0. The Morgan fingerprint density at radius 3 is 1.60 bits per heavy atom. The first-order chi connectivity index (χ1) is 20.9. The summed E-state index contributed by atoms with van der Waals surface area (Å²) in [5.74, 6) is -5.51. The summed E-state index contributed by atoms with van der Waals surface area (Å²) in [6.45, 7) is 1.33. The normalized spacial score (nSPS) is 13.5. The van der Waals surface area contributed by atoms with E-state index in [1.807, 2.05) is 30.5 Å². The number of phenols is 1. The van der Waals surface area contributed by atoms with E-state index in [-0.39, 0.29) is 12.2 Å². The van der Waals surface area contributed by atoms with E-state index in [1.54, 1.807) is 12.1 Å². The fraction of sp³-hybridized carbons (Fsp3) is 0.321. The monoisotopic (exact) mass is 637 g/mol. The highest BCUT2D eigenvalue weighted by molar-refractivity contribution is 5.84. The zero-order valence-corrected chi connectivity index (χ0v) is 24.2.